The van der Waals surface area contributed by atoms with Crippen LogP contribution in [-0.2, 0) is 23.9 Å². The van der Waals surface area contributed by atoms with Gasteiger partial charge in [-0.1, -0.05) is 6.07 Å². The summed E-state index contributed by atoms with van der Waals surface area (Å²) < 4.78 is 45.5. The Morgan fingerprint density at radius 3 is 2.49 bits per heavy atom. The SMILES string of the molecule is Cc1c(-c2ccc3nc(Cc4cc(CN5CCN(C(=O)OC(C)(C)C)CC5)ccn4)[nH]c3c2)ncnc1C(F)(F)F. The molecule has 1 N–H and O–H groups in total. The van der Waals surface area contributed by atoms with Gasteiger partial charge in [0.05, 0.1) is 16.7 Å². The Labute approximate surface area is 235 Å². The smallest absolute Gasteiger partial charge is 0.433 e. The van der Waals surface area contributed by atoms with Crippen molar-refractivity contribution < 1.29 is 22.7 Å². The molecule has 0 spiro atoms. The second kappa shape index (κ2) is 11.1. The number of nitrogens with one attached hydrogen (secondary N) is 1. The minimum Gasteiger partial charge on any atom is -0.444 e. The molecule has 0 saturated carbocycles. The molecule has 3 aromatic heterocycles. The fourth-order valence-corrected chi connectivity index (χ4v) is 4.89. The zero-order valence-corrected chi connectivity index (χ0v) is 23.4. The number of hydrogen-bond acceptors (Lipinski definition) is 7. The Balaban J connectivity index is 1.25. The van der Waals surface area contributed by atoms with E-state index in [0.717, 1.165) is 37.2 Å². The van der Waals surface area contributed by atoms with Crippen LogP contribution in [-0.4, -0.2) is 72.6 Å². The van der Waals surface area contributed by atoms with Crippen molar-refractivity contribution >= 4 is 17.1 Å². The number of amides is 1. The Hall–Kier alpha value is -4.06. The summed E-state index contributed by atoms with van der Waals surface area (Å²) in [6.45, 7) is 10.4. The molecule has 0 aliphatic carbocycles. The first kappa shape index (κ1) is 28.5. The van der Waals surface area contributed by atoms with E-state index in [9.17, 15) is 18.0 Å². The number of aromatic nitrogens is 5. The first-order valence-corrected chi connectivity index (χ1v) is 13.4. The quantitative estimate of drug-likeness (QED) is 0.345. The molecule has 0 bridgehead atoms. The van der Waals surface area contributed by atoms with Crippen LogP contribution in [0.2, 0.25) is 0 Å². The van der Waals surface area contributed by atoms with Crippen LogP contribution in [0.1, 0.15) is 49.1 Å². The Bertz CT molecular complexity index is 1550. The Morgan fingerprint density at radius 1 is 1.02 bits per heavy atom. The highest BCUT2D eigenvalue weighted by atomic mass is 19.4. The number of carbonyl (C=O) groups is 1. The van der Waals surface area contributed by atoms with Gasteiger partial charge in [0.25, 0.3) is 0 Å². The van der Waals surface area contributed by atoms with Gasteiger partial charge < -0.3 is 14.6 Å². The van der Waals surface area contributed by atoms with Crippen LogP contribution in [0.15, 0.2) is 42.9 Å². The number of benzene rings is 1. The predicted molar refractivity (Wildman–Crippen MR) is 147 cm³/mol. The number of hydrogen-bond donors (Lipinski definition) is 1. The second-order valence-corrected chi connectivity index (χ2v) is 11.2. The molecule has 1 aliphatic heterocycles. The summed E-state index contributed by atoms with van der Waals surface area (Å²) >= 11 is 0. The molecule has 0 atom stereocenters. The number of pyridine rings is 1. The van der Waals surface area contributed by atoms with Gasteiger partial charge in [0.15, 0.2) is 5.69 Å². The maximum absolute atomic E-state index is 13.3. The van der Waals surface area contributed by atoms with Crippen molar-refractivity contribution in [2.45, 2.75) is 52.4 Å². The van der Waals surface area contributed by atoms with Crippen LogP contribution in [0.4, 0.5) is 18.0 Å². The number of carbonyl (C=O) groups excluding carboxylic acids is 1. The van der Waals surface area contributed by atoms with Crippen LogP contribution in [0.5, 0.6) is 0 Å². The largest absolute Gasteiger partial charge is 0.444 e. The zero-order valence-electron chi connectivity index (χ0n) is 23.4. The van der Waals surface area contributed by atoms with E-state index in [2.05, 4.69) is 29.8 Å². The molecular formula is C29H32F3N7O2. The highest BCUT2D eigenvalue weighted by Crippen LogP contribution is 2.34. The number of aromatic amines is 1. The van der Waals surface area contributed by atoms with E-state index >= 15 is 0 Å². The molecule has 1 fully saturated rings. The summed E-state index contributed by atoms with van der Waals surface area (Å²) in [6, 6.07) is 9.25. The molecular weight excluding hydrogens is 535 g/mol. The number of piperazine rings is 1. The lowest BCUT2D eigenvalue weighted by molar-refractivity contribution is -0.141. The third kappa shape index (κ3) is 6.82. The molecule has 0 unspecified atom stereocenters. The monoisotopic (exact) mass is 567 g/mol. The number of H-pyrrole nitrogens is 1. The molecule has 4 aromatic rings. The van der Waals surface area contributed by atoms with Crippen molar-refractivity contribution in [3.05, 3.63) is 71.2 Å². The average Bonchev–Trinajstić information content (AvgIpc) is 3.29. The number of fused-ring (bicyclic) bond motifs is 1. The number of nitrogens with zero attached hydrogens (tertiary/aromatic N) is 6. The molecule has 41 heavy (non-hydrogen) atoms. The standard InChI is InChI=1S/C29H32F3N7O2/c1-18-25(34-17-35-26(18)29(30,31)32)20-5-6-22-23(14-20)37-24(36-22)15-21-13-19(7-8-33-21)16-38-9-11-39(12-10-38)27(40)41-28(2,3)4/h5-8,13-14,17H,9-12,15-16H2,1-4H3,(H,36,37). The molecule has 1 amide bonds. The molecule has 0 radical (unpaired) electrons. The van der Waals surface area contributed by atoms with Gasteiger partial charge in [-0.05, 0) is 57.5 Å². The lowest BCUT2D eigenvalue weighted by Crippen LogP contribution is -2.49. The van der Waals surface area contributed by atoms with Gasteiger partial charge in [-0.15, -0.1) is 0 Å². The van der Waals surface area contributed by atoms with E-state index in [1.54, 1.807) is 29.3 Å². The van der Waals surface area contributed by atoms with Gasteiger partial charge in [0, 0.05) is 62.2 Å². The molecule has 9 nitrogen and oxygen atoms in total. The molecule has 12 heteroatoms. The summed E-state index contributed by atoms with van der Waals surface area (Å²) in [4.78, 5) is 36.3. The van der Waals surface area contributed by atoms with E-state index in [-0.39, 0.29) is 17.4 Å². The Morgan fingerprint density at radius 2 is 1.78 bits per heavy atom. The lowest BCUT2D eigenvalue weighted by atomic mass is 10.0. The number of ether oxygens (including phenoxy) is 1. The molecule has 5 rings (SSSR count). The molecule has 4 heterocycles. The van der Waals surface area contributed by atoms with Crippen LogP contribution in [0.25, 0.3) is 22.3 Å². The number of imidazole rings is 1. The van der Waals surface area contributed by atoms with E-state index in [1.165, 1.54) is 6.92 Å². The average molecular weight is 568 g/mol. The van der Waals surface area contributed by atoms with Crippen LogP contribution >= 0.6 is 0 Å². The summed E-state index contributed by atoms with van der Waals surface area (Å²) in [5, 5.41) is 0. The topological polar surface area (TPSA) is 100 Å². The predicted octanol–water partition coefficient (Wildman–Crippen LogP) is 5.39. The van der Waals surface area contributed by atoms with Crippen molar-refractivity contribution in [3.8, 4) is 11.3 Å². The number of halogens is 3. The minimum absolute atomic E-state index is 0.0219. The zero-order chi connectivity index (χ0) is 29.4. The molecule has 1 aromatic carbocycles. The van der Waals surface area contributed by atoms with E-state index in [0.29, 0.717) is 41.9 Å². The summed E-state index contributed by atoms with van der Waals surface area (Å²) in [5.41, 5.74) is 2.65. The fourth-order valence-electron chi connectivity index (χ4n) is 4.89. The maximum Gasteiger partial charge on any atom is 0.433 e. The van der Waals surface area contributed by atoms with Crippen LogP contribution in [0, 0.1) is 6.92 Å². The first-order chi connectivity index (χ1) is 19.4. The molecule has 1 aliphatic rings. The second-order valence-electron chi connectivity index (χ2n) is 11.2. The van der Waals surface area contributed by atoms with Gasteiger partial charge in [-0.3, -0.25) is 9.88 Å². The number of alkyl halides is 3. The van der Waals surface area contributed by atoms with Crippen molar-refractivity contribution in [2.75, 3.05) is 26.2 Å². The van der Waals surface area contributed by atoms with Crippen LogP contribution in [0.3, 0.4) is 0 Å². The Kier molecular flexibility index (Phi) is 7.69. The van der Waals surface area contributed by atoms with Gasteiger partial charge in [-0.2, -0.15) is 13.2 Å². The number of rotatable bonds is 5. The maximum atomic E-state index is 13.3. The minimum atomic E-state index is -4.55. The van der Waals surface area contributed by atoms with E-state index in [1.807, 2.05) is 32.9 Å². The molecule has 216 valence electrons. The first-order valence-electron chi connectivity index (χ1n) is 13.4. The van der Waals surface area contributed by atoms with Crippen molar-refractivity contribution in [1.29, 1.82) is 0 Å². The van der Waals surface area contributed by atoms with E-state index in [4.69, 9.17) is 4.74 Å². The third-order valence-corrected chi connectivity index (χ3v) is 6.82. The highest BCUT2D eigenvalue weighted by Gasteiger charge is 2.35. The summed E-state index contributed by atoms with van der Waals surface area (Å²) in [6.07, 6.45) is -1.65. The molecule has 1 saturated heterocycles. The van der Waals surface area contributed by atoms with Crippen molar-refractivity contribution in [3.63, 3.8) is 0 Å². The van der Waals surface area contributed by atoms with Gasteiger partial charge in [0.2, 0.25) is 0 Å². The van der Waals surface area contributed by atoms with Gasteiger partial charge >= 0.3 is 12.3 Å². The van der Waals surface area contributed by atoms with E-state index < -0.39 is 17.5 Å². The highest BCUT2D eigenvalue weighted by molar-refractivity contribution is 5.82. The van der Waals surface area contributed by atoms with Crippen molar-refractivity contribution in [2.24, 2.45) is 0 Å². The van der Waals surface area contributed by atoms with Gasteiger partial charge in [0.1, 0.15) is 17.8 Å². The summed E-state index contributed by atoms with van der Waals surface area (Å²) in [7, 11) is 0. The van der Waals surface area contributed by atoms with Gasteiger partial charge in [-0.25, -0.2) is 19.7 Å². The van der Waals surface area contributed by atoms with Crippen LogP contribution < -0.4 is 0 Å². The third-order valence-electron chi connectivity index (χ3n) is 6.82. The fraction of sp³-hybridized carbons (Fsp3) is 0.414. The lowest BCUT2D eigenvalue weighted by Gasteiger charge is -2.35. The normalized spacial score (nSPS) is 15.0. The van der Waals surface area contributed by atoms with Crippen molar-refractivity contribution in [1.82, 2.24) is 34.7 Å². The summed E-state index contributed by atoms with van der Waals surface area (Å²) in [5.74, 6) is 0.697.